The topological polar surface area (TPSA) is 86.0 Å². The minimum Gasteiger partial charge on any atom is -0.493 e. The van der Waals surface area contributed by atoms with Crippen molar-refractivity contribution in [1.29, 1.82) is 0 Å². The Hall–Kier alpha value is -3.47. The first-order chi connectivity index (χ1) is 19.5. The number of amides is 1. The van der Waals surface area contributed by atoms with Gasteiger partial charge in [0.05, 0.1) is 25.5 Å². The quantitative estimate of drug-likeness (QED) is 0.124. The van der Waals surface area contributed by atoms with Crippen molar-refractivity contribution >= 4 is 16.0 Å². The highest BCUT2D eigenvalue weighted by molar-refractivity contribution is 7.87. The Morgan fingerprint density at radius 2 is 1.63 bits per heavy atom. The summed E-state index contributed by atoms with van der Waals surface area (Å²) in [7, 11) is -3.32. The number of unbranched alkanes of at least 4 members (excludes halogenated alkanes) is 6. The first-order valence-electron chi connectivity index (χ1n) is 13.6. The van der Waals surface area contributed by atoms with Gasteiger partial charge in [-0.15, -0.1) is 0 Å². The second-order valence-corrected chi connectivity index (χ2v) is 11.3. The number of ether oxygens (including phenoxy) is 1. The molecule has 0 spiro atoms. The molecule has 2 aromatic carbocycles. The lowest BCUT2D eigenvalue weighted by Gasteiger charge is -2.23. The SMILES string of the molecule is CCCCCCCCCC(=O)N(Cc1ccc(OC)c(OS(=O)(=O)c2cccc(C(F)(F)F)c2)c1)Cc1ccco1. The summed E-state index contributed by atoms with van der Waals surface area (Å²) in [6, 6.07) is 11.3. The molecule has 0 fully saturated rings. The maximum atomic E-state index is 13.2. The van der Waals surface area contributed by atoms with E-state index in [2.05, 4.69) is 6.92 Å². The molecule has 41 heavy (non-hydrogen) atoms. The van der Waals surface area contributed by atoms with Crippen molar-refractivity contribution in [2.45, 2.75) is 82.5 Å². The molecule has 0 saturated heterocycles. The molecular formula is C30H36F3NO6S. The van der Waals surface area contributed by atoms with Crippen molar-refractivity contribution in [2.75, 3.05) is 7.11 Å². The fraction of sp³-hybridized carbons (Fsp3) is 0.433. The van der Waals surface area contributed by atoms with Gasteiger partial charge in [-0.3, -0.25) is 4.79 Å². The van der Waals surface area contributed by atoms with Crippen LogP contribution in [0.2, 0.25) is 0 Å². The Labute approximate surface area is 239 Å². The van der Waals surface area contributed by atoms with Gasteiger partial charge in [0.1, 0.15) is 10.7 Å². The summed E-state index contributed by atoms with van der Waals surface area (Å²) in [6.45, 7) is 2.51. The van der Waals surface area contributed by atoms with Crippen LogP contribution in [0.15, 0.2) is 70.2 Å². The van der Waals surface area contributed by atoms with Crippen molar-refractivity contribution in [3.05, 3.63) is 77.7 Å². The van der Waals surface area contributed by atoms with E-state index in [1.54, 1.807) is 23.1 Å². The van der Waals surface area contributed by atoms with Gasteiger partial charge >= 0.3 is 16.3 Å². The van der Waals surface area contributed by atoms with Gasteiger partial charge in [-0.2, -0.15) is 21.6 Å². The third-order valence-corrected chi connectivity index (χ3v) is 7.75. The number of furan rings is 1. The molecule has 0 saturated carbocycles. The normalized spacial score (nSPS) is 11.8. The number of hydrogen-bond acceptors (Lipinski definition) is 6. The predicted molar refractivity (Wildman–Crippen MR) is 148 cm³/mol. The van der Waals surface area contributed by atoms with Gasteiger partial charge in [0.2, 0.25) is 5.91 Å². The van der Waals surface area contributed by atoms with Crippen LogP contribution >= 0.6 is 0 Å². The number of rotatable bonds is 16. The molecule has 0 bridgehead atoms. The molecule has 0 radical (unpaired) electrons. The summed E-state index contributed by atoms with van der Waals surface area (Å²) in [4.78, 5) is 14.1. The molecule has 224 valence electrons. The van der Waals surface area contributed by atoms with Crippen molar-refractivity contribution in [3.63, 3.8) is 0 Å². The van der Waals surface area contributed by atoms with Gasteiger partial charge < -0.3 is 18.2 Å². The summed E-state index contributed by atoms with van der Waals surface area (Å²) in [6.07, 6.45) is 4.68. The van der Waals surface area contributed by atoms with Gasteiger partial charge in [-0.05, 0) is 54.4 Å². The van der Waals surface area contributed by atoms with E-state index in [-0.39, 0.29) is 30.5 Å². The number of alkyl halides is 3. The van der Waals surface area contributed by atoms with Crippen LogP contribution in [0.4, 0.5) is 13.2 Å². The van der Waals surface area contributed by atoms with Crippen LogP contribution in [0.5, 0.6) is 11.5 Å². The lowest BCUT2D eigenvalue weighted by atomic mass is 10.1. The number of hydrogen-bond donors (Lipinski definition) is 0. The number of methoxy groups -OCH3 is 1. The van der Waals surface area contributed by atoms with Crippen molar-refractivity contribution in [2.24, 2.45) is 0 Å². The molecule has 11 heteroatoms. The number of carbonyl (C=O) groups excluding carboxylic acids is 1. The molecule has 0 aliphatic carbocycles. The number of halogens is 3. The zero-order chi connectivity index (χ0) is 29.9. The summed E-state index contributed by atoms with van der Waals surface area (Å²) in [5.74, 6) is 0.371. The first kappa shape index (κ1) is 32.0. The smallest absolute Gasteiger partial charge is 0.416 e. The maximum absolute atomic E-state index is 13.2. The van der Waals surface area contributed by atoms with Crippen LogP contribution in [-0.4, -0.2) is 26.3 Å². The summed E-state index contributed by atoms with van der Waals surface area (Å²) in [5, 5.41) is 0. The molecule has 1 heterocycles. The van der Waals surface area contributed by atoms with E-state index in [0.29, 0.717) is 23.8 Å². The number of benzene rings is 2. The molecule has 0 unspecified atom stereocenters. The third-order valence-electron chi connectivity index (χ3n) is 6.52. The van der Waals surface area contributed by atoms with E-state index >= 15 is 0 Å². The average molecular weight is 596 g/mol. The molecule has 1 aromatic heterocycles. The summed E-state index contributed by atoms with van der Waals surface area (Å²) in [5.41, 5.74) is -0.574. The van der Waals surface area contributed by atoms with Gasteiger partial charge in [0.25, 0.3) is 0 Å². The highest BCUT2D eigenvalue weighted by atomic mass is 32.2. The molecule has 0 N–H and O–H groups in total. The Morgan fingerprint density at radius 3 is 2.29 bits per heavy atom. The molecule has 0 aliphatic heterocycles. The second-order valence-electron chi connectivity index (χ2n) is 9.75. The van der Waals surface area contributed by atoms with E-state index in [1.165, 1.54) is 44.8 Å². The standard InChI is InChI=1S/C30H36F3NO6S/c1-3-4-5-6-7-8-9-15-29(35)34(22-25-13-11-18-39-25)21-23-16-17-27(38-2)28(19-23)40-41(36,37)26-14-10-12-24(20-26)30(31,32)33/h10-14,16-20H,3-9,15,21-22H2,1-2H3. The van der Waals surface area contributed by atoms with Crippen LogP contribution in [0.3, 0.4) is 0 Å². The largest absolute Gasteiger partial charge is 0.493 e. The third kappa shape index (κ3) is 9.84. The summed E-state index contributed by atoms with van der Waals surface area (Å²) < 4.78 is 81.2. The number of nitrogens with zero attached hydrogens (tertiary/aromatic N) is 1. The fourth-order valence-electron chi connectivity index (χ4n) is 4.31. The Bertz CT molecular complexity index is 1360. The predicted octanol–water partition coefficient (Wildman–Crippen LogP) is 7.74. The van der Waals surface area contributed by atoms with Crippen molar-refractivity contribution < 1.29 is 39.7 Å². The Kier molecular flexibility index (Phi) is 11.7. The summed E-state index contributed by atoms with van der Waals surface area (Å²) >= 11 is 0. The number of carbonyl (C=O) groups is 1. The molecule has 3 aromatic rings. The monoisotopic (exact) mass is 595 g/mol. The zero-order valence-corrected chi connectivity index (χ0v) is 24.1. The zero-order valence-electron chi connectivity index (χ0n) is 23.3. The molecule has 0 aliphatic rings. The molecular weight excluding hydrogens is 559 g/mol. The fourth-order valence-corrected chi connectivity index (χ4v) is 5.29. The van der Waals surface area contributed by atoms with E-state index < -0.39 is 26.8 Å². The highest BCUT2D eigenvalue weighted by Gasteiger charge is 2.32. The Balaban J connectivity index is 1.76. The van der Waals surface area contributed by atoms with Crippen molar-refractivity contribution in [1.82, 2.24) is 4.90 Å². The Morgan fingerprint density at radius 1 is 0.902 bits per heavy atom. The van der Waals surface area contributed by atoms with Crippen LogP contribution in [0.25, 0.3) is 0 Å². The second kappa shape index (κ2) is 15.0. The van der Waals surface area contributed by atoms with E-state index in [0.717, 1.165) is 43.9 Å². The molecule has 3 rings (SSSR count). The van der Waals surface area contributed by atoms with Crippen LogP contribution in [0.1, 0.15) is 75.2 Å². The highest BCUT2D eigenvalue weighted by Crippen LogP contribution is 2.34. The molecule has 1 amide bonds. The van der Waals surface area contributed by atoms with Gasteiger partial charge in [0, 0.05) is 13.0 Å². The van der Waals surface area contributed by atoms with Gasteiger partial charge in [0.15, 0.2) is 11.5 Å². The average Bonchev–Trinajstić information content (AvgIpc) is 3.45. The lowest BCUT2D eigenvalue weighted by Crippen LogP contribution is -2.29. The van der Waals surface area contributed by atoms with Crippen molar-refractivity contribution in [3.8, 4) is 11.5 Å². The van der Waals surface area contributed by atoms with E-state index in [1.807, 2.05) is 0 Å². The first-order valence-corrected chi connectivity index (χ1v) is 15.0. The minimum absolute atomic E-state index is 0.0660. The van der Waals surface area contributed by atoms with E-state index in [9.17, 15) is 26.4 Å². The molecule has 7 nitrogen and oxygen atoms in total. The van der Waals surface area contributed by atoms with Gasteiger partial charge in [-0.1, -0.05) is 57.6 Å². The van der Waals surface area contributed by atoms with E-state index in [4.69, 9.17) is 13.3 Å². The molecule has 0 atom stereocenters. The van der Waals surface area contributed by atoms with Crippen LogP contribution in [-0.2, 0) is 34.2 Å². The maximum Gasteiger partial charge on any atom is 0.416 e. The van der Waals surface area contributed by atoms with Crippen LogP contribution in [0, 0.1) is 0 Å². The minimum atomic E-state index is -4.72. The lowest BCUT2D eigenvalue weighted by molar-refractivity contribution is -0.137. The van der Waals surface area contributed by atoms with Gasteiger partial charge in [-0.25, -0.2) is 0 Å². The van der Waals surface area contributed by atoms with Crippen LogP contribution < -0.4 is 8.92 Å².